The second-order valence-corrected chi connectivity index (χ2v) is 8.04. The molecule has 3 N–H and O–H groups in total. The normalized spacial score (nSPS) is 22.5. The maximum absolute atomic E-state index is 15.0. The maximum atomic E-state index is 15.0. The van der Waals surface area contributed by atoms with Gasteiger partial charge in [0.25, 0.3) is 0 Å². The molecule has 3 heterocycles. The average Bonchev–Trinajstić information content (AvgIpc) is 3.49. The zero-order valence-electron chi connectivity index (χ0n) is 16.1. The van der Waals surface area contributed by atoms with Crippen LogP contribution in [-0.4, -0.2) is 39.8 Å². The van der Waals surface area contributed by atoms with Gasteiger partial charge in [-0.05, 0) is 36.5 Å². The van der Waals surface area contributed by atoms with Gasteiger partial charge in [0.05, 0.1) is 11.1 Å². The molecule has 10 heteroatoms. The molecule has 2 aromatic heterocycles. The minimum atomic E-state index is -1.56. The van der Waals surface area contributed by atoms with Crippen molar-refractivity contribution in [3.63, 3.8) is 0 Å². The molecule has 160 valence electrons. The van der Waals surface area contributed by atoms with Crippen molar-refractivity contribution in [2.45, 2.75) is 12.5 Å². The highest BCUT2D eigenvalue weighted by atomic mass is 19.1. The third-order valence-electron chi connectivity index (χ3n) is 6.03. The van der Waals surface area contributed by atoms with Crippen molar-refractivity contribution in [1.29, 1.82) is 0 Å². The number of pyridine rings is 2. The van der Waals surface area contributed by atoms with E-state index < -0.39 is 34.4 Å². The fraction of sp³-hybridized carbons (Fsp3) is 0.286. The highest BCUT2D eigenvalue weighted by Crippen LogP contribution is 2.45. The number of halogens is 3. The molecule has 7 nitrogen and oxygen atoms in total. The molecule has 3 atom stereocenters. The van der Waals surface area contributed by atoms with Gasteiger partial charge < -0.3 is 15.7 Å². The summed E-state index contributed by atoms with van der Waals surface area (Å²) in [5.41, 5.74) is 4.15. The second kappa shape index (κ2) is 6.81. The van der Waals surface area contributed by atoms with E-state index in [0.29, 0.717) is 31.0 Å². The van der Waals surface area contributed by atoms with Crippen LogP contribution in [-0.2, 0) is 0 Å². The van der Waals surface area contributed by atoms with E-state index in [1.54, 1.807) is 4.90 Å². The molecule has 3 aromatic rings. The van der Waals surface area contributed by atoms with Gasteiger partial charge in [-0.1, -0.05) is 0 Å². The summed E-state index contributed by atoms with van der Waals surface area (Å²) in [4.78, 5) is 30.2. The Labute approximate surface area is 173 Å². The molecule has 2 fully saturated rings. The summed E-state index contributed by atoms with van der Waals surface area (Å²) in [7, 11) is 0. The number of benzene rings is 1. The quantitative estimate of drug-likeness (QED) is 0.661. The van der Waals surface area contributed by atoms with E-state index >= 15 is 0 Å². The summed E-state index contributed by atoms with van der Waals surface area (Å²) < 4.78 is 43.9. The van der Waals surface area contributed by atoms with Crippen LogP contribution in [0, 0.1) is 29.3 Å². The third-order valence-corrected chi connectivity index (χ3v) is 6.03. The molecule has 0 unspecified atom stereocenters. The van der Waals surface area contributed by atoms with E-state index in [1.807, 2.05) is 0 Å². The lowest BCUT2D eigenvalue weighted by atomic mass is 10.1. The number of hydrogen-bond acceptors (Lipinski definition) is 5. The van der Waals surface area contributed by atoms with Crippen LogP contribution < -0.4 is 16.1 Å². The van der Waals surface area contributed by atoms with Crippen LogP contribution in [0.25, 0.3) is 16.7 Å². The van der Waals surface area contributed by atoms with E-state index in [2.05, 4.69) is 4.98 Å². The van der Waals surface area contributed by atoms with Gasteiger partial charge >= 0.3 is 5.97 Å². The predicted octanol–water partition coefficient (Wildman–Crippen LogP) is 2.28. The first-order valence-electron chi connectivity index (χ1n) is 9.69. The van der Waals surface area contributed by atoms with Crippen LogP contribution in [0.4, 0.5) is 19.0 Å². The van der Waals surface area contributed by atoms with Crippen LogP contribution in [0.5, 0.6) is 0 Å². The Kier molecular flexibility index (Phi) is 4.30. The molecular formula is C21H17F3N4O3. The third kappa shape index (κ3) is 3.14. The SMILES string of the molecule is N[C@@H]1CN(c2nc3c(cc2F)c(=O)c(C(=O)O)cn3-c2ccc(F)cc2F)C[C@H]2C[C@H]21. The Hall–Kier alpha value is -3.40. The van der Waals surface area contributed by atoms with Crippen molar-refractivity contribution in [2.75, 3.05) is 18.0 Å². The van der Waals surface area contributed by atoms with E-state index in [9.17, 15) is 27.9 Å². The summed E-state index contributed by atoms with van der Waals surface area (Å²) in [5, 5.41) is 9.07. The fourth-order valence-corrected chi connectivity index (χ4v) is 4.37. The number of carboxylic acid groups (broad SMARTS) is 1. The number of aromatic carboxylic acids is 1. The molecule has 31 heavy (non-hydrogen) atoms. The van der Waals surface area contributed by atoms with Gasteiger partial charge in [0, 0.05) is 31.4 Å². The van der Waals surface area contributed by atoms with Crippen molar-refractivity contribution >= 4 is 22.8 Å². The molecule has 1 saturated heterocycles. The summed E-state index contributed by atoms with van der Waals surface area (Å²) >= 11 is 0. The van der Waals surface area contributed by atoms with Gasteiger partial charge in [0.15, 0.2) is 17.3 Å². The van der Waals surface area contributed by atoms with E-state index in [0.717, 1.165) is 35.4 Å². The van der Waals surface area contributed by atoms with Gasteiger partial charge in [0.2, 0.25) is 5.43 Å². The summed E-state index contributed by atoms with van der Waals surface area (Å²) in [6, 6.07) is 3.48. The topological polar surface area (TPSA) is 101 Å². The first-order valence-corrected chi connectivity index (χ1v) is 9.69. The number of nitrogens with zero attached hydrogens (tertiary/aromatic N) is 3. The number of hydrogen-bond donors (Lipinski definition) is 2. The smallest absolute Gasteiger partial charge is 0.341 e. The van der Waals surface area contributed by atoms with Crippen LogP contribution in [0.1, 0.15) is 16.8 Å². The molecular weight excluding hydrogens is 413 g/mol. The molecule has 1 aromatic carbocycles. The highest BCUT2D eigenvalue weighted by Gasteiger charge is 2.47. The van der Waals surface area contributed by atoms with Crippen molar-refractivity contribution < 1.29 is 23.1 Å². The van der Waals surface area contributed by atoms with Crippen LogP contribution in [0.15, 0.2) is 35.3 Å². The van der Waals surface area contributed by atoms with Gasteiger partial charge in [0.1, 0.15) is 17.2 Å². The summed E-state index contributed by atoms with van der Waals surface area (Å²) in [5.74, 6) is -3.48. The lowest BCUT2D eigenvalue weighted by molar-refractivity contribution is 0.0695. The highest BCUT2D eigenvalue weighted by molar-refractivity contribution is 5.92. The van der Waals surface area contributed by atoms with Crippen molar-refractivity contribution in [2.24, 2.45) is 17.6 Å². The predicted molar refractivity (Wildman–Crippen MR) is 106 cm³/mol. The fourth-order valence-electron chi connectivity index (χ4n) is 4.37. The lowest BCUT2D eigenvalue weighted by Gasteiger charge is -2.31. The number of fused-ring (bicyclic) bond motifs is 2. The van der Waals surface area contributed by atoms with Gasteiger partial charge in [-0.3, -0.25) is 9.36 Å². The maximum Gasteiger partial charge on any atom is 0.341 e. The zero-order valence-corrected chi connectivity index (χ0v) is 16.1. The van der Waals surface area contributed by atoms with Gasteiger partial charge in [-0.25, -0.2) is 22.9 Å². The Bertz CT molecular complexity index is 1310. The molecule has 1 aliphatic carbocycles. The molecule has 0 radical (unpaired) electrons. The van der Waals surface area contributed by atoms with Crippen molar-refractivity contribution in [1.82, 2.24) is 9.55 Å². The van der Waals surface area contributed by atoms with Crippen molar-refractivity contribution in [3.05, 3.63) is 63.7 Å². The lowest BCUT2D eigenvalue weighted by Crippen LogP contribution is -2.45. The molecule has 0 spiro atoms. The largest absolute Gasteiger partial charge is 0.477 e. The standard InChI is InChI=1S/C21H17F3N4O3/c22-10-1-2-17(14(23)4-10)28-7-13(21(30)31)18(29)12-5-15(24)20(26-19(12)28)27-6-9-3-11(9)16(25)8-27/h1-2,4-5,7,9,11,16H,3,6,8,25H2,(H,30,31)/t9-,11-,16-/m1/s1. The number of carboxylic acids is 1. The summed E-state index contributed by atoms with van der Waals surface area (Å²) in [6.45, 7) is 0.926. The molecule has 1 aliphatic heterocycles. The van der Waals surface area contributed by atoms with E-state index in [4.69, 9.17) is 5.73 Å². The summed E-state index contributed by atoms with van der Waals surface area (Å²) in [6.07, 6.45) is 1.87. The van der Waals surface area contributed by atoms with E-state index in [1.165, 1.54) is 0 Å². The first kappa shape index (κ1) is 19.6. The molecule has 2 aliphatic rings. The number of carbonyl (C=O) groups is 1. The number of rotatable bonds is 3. The van der Waals surface area contributed by atoms with Gasteiger partial charge in [-0.15, -0.1) is 0 Å². The Morgan fingerprint density at radius 2 is 1.94 bits per heavy atom. The minimum Gasteiger partial charge on any atom is -0.477 e. The number of anilines is 1. The number of piperidine rings is 1. The number of aromatic nitrogens is 2. The molecule has 5 rings (SSSR count). The monoisotopic (exact) mass is 430 g/mol. The van der Waals surface area contributed by atoms with Crippen molar-refractivity contribution in [3.8, 4) is 5.69 Å². The first-order chi connectivity index (χ1) is 14.7. The second-order valence-electron chi connectivity index (χ2n) is 8.04. The number of nitrogens with two attached hydrogens (primary N) is 1. The Balaban J connectivity index is 1.77. The zero-order chi connectivity index (χ0) is 22.0. The van der Waals surface area contributed by atoms with Crippen LogP contribution in [0.3, 0.4) is 0 Å². The Morgan fingerprint density at radius 1 is 1.16 bits per heavy atom. The van der Waals surface area contributed by atoms with Gasteiger partial charge in [-0.2, -0.15) is 0 Å². The van der Waals surface area contributed by atoms with Crippen LogP contribution >= 0.6 is 0 Å². The molecule has 0 bridgehead atoms. The molecule has 1 saturated carbocycles. The molecule has 0 amide bonds. The minimum absolute atomic E-state index is 0.0490. The van der Waals surface area contributed by atoms with Crippen LogP contribution in [0.2, 0.25) is 0 Å². The Morgan fingerprint density at radius 3 is 2.61 bits per heavy atom. The van der Waals surface area contributed by atoms with E-state index in [-0.39, 0.29) is 28.6 Å². The average molecular weight is 430 g/mol.